The number of aromatic nitrogens is 2. The molecule has 1 aromatic heterocycles. The number of hydrogen-bond acceptors (Lipinski definition) is 6. The number of carbonyl (C=O) groups excluding carboxylic acids is 3. The summed E-state index contributed by atoms with van der Waals surface area (Å²) in [4.78, 5) is 42.6. The number of rotatable bonds is 11. The minimum absolute atomic E-state index is 0.0961. The molecule has 38 heavy (non-hydrogen) atoms. The Balaban J connectivity index is 1.42. The van der Waals surface area contributed by atoms with Crippen LogP contribution in [0.25, 0.3) is 0 Å². The van der Waals surface area contributed by atoms with Crippen molar-refractivity contribution in [1.29, 1.82) is 0 Å². The first-order valence-electron chi connectivity index (χ1n) is 12.6. The van der Waals surface area contributed by atoms with Crippen molar-refractivity contribution in [3.63, 3.8) is 0 Å². The molecule has 3 aromatic rings. The van der Waals surface area contributed by atoms with E-state index in [1.807, 2.05) is 30.3 Å². The number of nitrogens with one attached hydrogen (secondary N) is 1. The van der Waals surface area contributed by atoms with Crippen LogP contribution in [-0.2, 0) is 22.6 Å². The smallest absolute Gasteiger partial charge is 0.274 e. The van der Waals surface area contributed by atoms with E-state index < -0.39 is 0 Å². The maximum atomic E-state index is 13.4. The molecule has 0 bridgehead atoms. The molecule has 10 heteroatoms. The summed E-state index contributed by atoms with van der Waals surface area (Å²) < 4.78 is 11.9. The highest BCUT2D eigenvalue weighted by molar-refractivity contribution is 5.98. The average Bonchev–Trinajstić information content (AvgIpc) is 3.31. The van der Waals surface area contributed by atoms with Gasteiger partial charge < -0.3 is 24.6 Å². The third-order valence-corrected chi connectivity index (χ3v) is 6.35. The highest BCUT2D eigenvalue weighted by atomic mass is 16.5. The Kier molecular flexibility index (Phi) is 9.10. The molecule has 0 atom stereocenters. The Morgan fingerprint density at radius 1 is 1.03 bits per heavy atom. The van der Waals surface area contributed by atoms with E-state index in [1.54, 1.807) is 54.1 Å². The lowest BCUT2D eigenvalue weighted by atomic mass is 10.2. The topological polar surface area (TPSA) is 106 Å². The van der Waals surface area contributed by atoms with Crippen LogP contribution in [0.15, 0.2) is 60.7 Å². The van der Waals surface area contributed by atoms with Crippen LogP contribution in [0.1, 0.15) is 39.4 Å². The van der Waals surface area contributed by atoms with Crippen LogP contribution in [0.5, 0.6) is 5.75 Å². The number of methoxy groups -OCH3 is 2. The Morgan fingerprint density at radius 3 is 2.50 bits per heavy atom. The second kappa shape index (κ2) is 12.9. The first-order valence-corrected chi connectivity index (χ1v) is 12.6. The number of benzene rings is 2. The van der Waals surface area contributed by atoms with Gasteiger partial charge in [0, 0.05) is 58.0 Å². The van der Waals surface area contributed by atoms with Crippen molar-refractivity contribution in [2.24, 2.45) is 0 Å². The summed E-state index contributed by atoms with van der Waals surface area (Å²) in [7, 11) is 3.13. The van der Waals surface area contributed by atoms with Crippen molar-refractivity contribution in [3.8, 4) is 5.75 Å². The van der Waals surface area contributed by atoms with Gasteiger partial charge in [-0.05, 0) is 36.2 Å². The molecule has 1 aliphatic heterocycles. The number of amides is 3. The minimum Gasteiger partial charge on any atom is -0.497 e. The average molecular weight is 520 g/mol. The zero-order valence-electron chi connectivity index (χ0n) is 21.8. The fourth-order valence-corrected chi connectivity index (χ4v) is 4.31. The van der Waals surface area contributed by atoms with Gasteiger partial charge in [0.1, 0.15) is 11.4 Å². The van der Waals surface area contributed by atoms with Gasteiger partial charge in [0.2, 0.25) is 5.91 Å². The molecule has 2 aromatic carbocycles. The van der Waals surface area contributed by atoms with Crippen LogP contribution < -0.4 is 10.1 Å². The van der Waals surface area contributed by atoms with Crippen LogP contribution in [0.3, 0.4) is 0 Å². The van der Waals surface area contributed by atoms with Crippen molar-refractivity contribution >= 4 is 23.4 Å². The van der Waals surface area contributed by atoms with E-state index in [9.17, 15) is 14.4 Å². The van der Waals surface area contributed by atoms with E-state index in [4.69, 9.17) is 9.47 Å². The third-order valence-electron chi connectivity index (χ3n) is 6.35. The lowest BCUT2D eigenvalue weighted by molar-refractivity contribution is -0.116. The van der Waals surface area contributed by atoms with Gasteiger partial charge in [-0.2, -0.15) is 5.10 Å². The van der Waals surface area contributed by atoms with Crippen molar-refractivity contribution in [2.75, 3.05) is 45.8 Å². The molecule has 4 rings (SSSR count). The Morgan fingerprint density at radius 2 is 1.79 bits per heavy atom. The molecule has 0 radical (unpaired) electrons. The number of hydrogen-bond donors (Lipinski definition) is 1. The molecule has 2 heterocycles. The monoisotopic (exact) mass is 519 g/mol. The highest BCUT2D eigenvalue weighted by Crippen LogP contribution is 2.18. The second-order valence-corrected chi connectivity index (χ2v) is 9.02. The van der Waals surface area contributed by atoms with Crippen molar-refractivity contribution < 1.29 is 23.9 Å². The molecule has 10 nitrogen and oxygen atoms in total. The number of fused-ring (bicyclic) bond motifs is 1. The summed E-state index contributed by atoms with van der Waals surface area (Å²) in [6, 6.07) is 18.4. The van der Waals surface area contributed by atoms with Crippen molar-refractivity contribution in [3.05, 3.63) is 77.6 Å². The first-order chi connectivity index (χ1) is 18.5. The van der Waals surface area contributed by atoms with Gasteiger partial charge in [-0.1, -0.05) is 30.3 Å². The molecule has 0 spiro atoms. The maximum absolute atomic E-state index is 13.4. The molecule has 3 amide bonds. The zero-order valence-corrected chi connectivity index (χ0v) is 21.8. The second-order valence-electron chi connectivity index (χ2n) is 9.02. The van der Waals surface area contributed by atoms with Crippen LogP contribution in [0, 0.1) is 0 Å². The van der Waals surface area contributed by atoms with Gasteiger partial charge in [0.15, 0.2) is 5.69 Å². The molecule has 0 fully saturated rings. The summed E-state index contributed by atoms with van der Waals surface area (Å²) in [5.41, 5.74) is 2.26. The van der Waals surface area contributed by atoms with Crippen LogP contribution >= 0.6 is 0 Å². The van der Waals surface area contributed by atoms with E-state index in [0.29, 0.717) is 49.9 Å². The summed E-state index contributed by atoms with van der Waals surface area (Å²) in [5, 5.41) is 7.29. The van der Waals surface area contributed by atoms with Crippen molar-refractivity contribution in [1.82, 2.24) is 19.6 Å². The van der Waals surface area contributed by atoms with Gasteiger partial charge in [-0.25, -0.2) is 0 Å². The highest BCUT2D eigenvalue weighted by Gasteiger charge is 2.28. The first kappa shape index (κ1) is 26.9. The number of carbonyl (C=O) groups is 3. The van der Waals surface area contributed by atoms with Gasteiger partial charge in [0.25, 0.3) is 11.8 Å². The number of aryl methyl sites for hydroxylation is 1. The quantitative estimate of drug-likeness (QED) is 0.417. The van der Waals surface area contributed by atoms with E-state index in [2.05, 4.69) is 10.4 Å². The Labute approximate surface area is 222 Å². The minimum atomic E-state index is -0.345. The lowest BCUT2D eigenvalue weighted by Gasteiger charge is -2.21. The molecule has 0 saturated carbocycles. The van der Waals surface area contributed by atoms with E-state index in [-0.39, 0.29) is 36.4 Å². The normalized spacial score (nSPS) is 13.0. The van der Waals surface area contributed by atoms with Crippen molar-refractivity contribution in [2.45, 2.75) is 25.9 Å². The lowest BCUT2D eigenvalue weighted by Crippen LogP contribution is -2.36. The van der Waals surface area contributed by atoms with Gasteiger partial charge in [-0.15, -0.1) is 0 Å². The van der Waals surface area contributed by atoms with Gasteiger partial charge in [0.05, 0.1) is 13.7 Å². The molecule has 200 valence electrons. The summed E-state index contributed by atoms with van der Waals surface area (Å²) >= 11 is 0. The van der Waals surface area contributed by atoms with Crippen LogP contribution in [0.4, 0.5) is 5.69 Å². The summed E-state index contributed by atoms with van der Waals surface area (Å²) in [5.74, 6) is -0.0281. The SMILES string of the molecule is COCCN(CCC(=O)Nc1ccc(OC)cc1)C(=O)c1cc2n(n1)CCCN(Cc1ccccc1)C2=O. The fraction of sp³-hybridized carbons (Fsp3) is 0.357. The number of ether oxygens (including phenoxy) is 2. The predicted octanol–water partition coefficient (Wildman–Crippen LogP) is 3.06. The standard InChI is InChI=1S/C28H33N5O5/c1-37-18-17-31(16-13-26(34)29-22-9-11-23(38-2)12-10-22)27(35)24-19-25-28(36)32(14-6-15-33(25)30-24)20-21-7-4-3-5-8-21/h3-5,7-12,19H,6,13-18,20H2,1-2H3,(H,29,34). The van der Waals surface area contributed by atoms with Gasteiger partial charge >= 0.3 is 0 Å². The Bertz CT molecular complexity index is 1240. The number of anilines is 1. The summed E-state index contributed by atoms with van der Waals surface area (Å²) in [6.45, 7) is 2.44. The van der Waals surface area contributed by atoms with Crippen LogP contribution in [-0.4, -0.2) is 77.8 Å². The largest absolute Gasteiger partial charge is 0.497 e. The molecule has 1 aliphatic rings. The molecular formula is C28H33N5O5. The molecule has 0 aliphatic carbocycles. The molecule has 1 N–H and O–H groups in total. The zero-order chi connectivity index (χ0) is 26.9. The maximum Gasteiger partial charge on any atom is 0.274 e. The van der Waals surface area contributed by atoms with E-state index >= 15 is 0 Å². The third kappa shape index (κ3) is 6.77. The van der Waals surface area contributed by atoms with Gasteiger partial charge in [-0.3, -0.25) is 19.1 Å². The van der Waals surface area contributed by atoms with E-state index in [1.165, 1.54) is 4.90 Å². The van der Waals surface area contributed by atoms with Crippen LogP contribution in [0.2, 0.25) is 0 Å². The molecule has 0 saturated heterocycles. The number of nitrogens with zero attached hydrogens (tertiary/aromatic N) is 4. The molecule has 0 unspecified atom stereocenters. The fourth-order valence-electron chi connectivity index (χ4n) is 4.31. The van der Waals surface area contributed by atoms with E-state index in [0.717, 1.165) is 12.0 Å². The Hall–Kier alpha value is -4.18. The molecular weight excluding hydrogens is 486 g/mol. The summed E-state index contributed by atoms with van der Waals surface area (Å²) in [6.07, 6.45) is 0.832. The predicted molar refractivity (Wildman–Crippen MR) is 142 cm³/mol.